The molecule has 0 saturated heterocycles. The van der Waals surface area contributed by atoms with Crippen LogP contribution in [-0.4, -0.2) is 0 Å². The zero-order valence-corrected chi connectivity index (χ0v) is 7.71. The molecule has 66 valence electrons. The average molecular weight is 162 g/mol. The molecule has 1 aliphatic carbocycles. The lowest BCUT2D eigenvalue weighted by Gasteiger charge is -2.31. The van der Waals surface area contributed by atoms with Crippen LogP contribution in [0.15, 0.2) is 38.0 Å². The number of rotatable bonds is 3. The Balaban J connectivity index is 2.58. The van der Waals surface area contributed by atoms with E-state index in [9.17, 15) is 0 Å². The van der Waals surface area contributed by atoms with E-state index >= 15 is 0 Å². The molecule has 0 bridgehead atoms. The summed E-state index contributed by atoms with van der Waals surface area (Å²) in [5.74, 6) is 1.97. The van der Waals surface area contributed by atoms with Crippen molar-refractivity contribution < 1.29 is 0 Å². The Morgan fingerprint density at radius 2 is 1.50 bits per heavy atom. The van der Waals surface area contributed by atoms with Crippen molar-refractivity contribution in [3.8, 4) is 0 Å². The van der Waals surface area contributed by atoms with E-state index in [-0.39, 0.29) is 0 Å². The summed E-state index contributed by atoms with van der Waals surface area (Å²) in [7, 11) is 0. The molecule has 3 atom stereocenters. The minimum atomic E-state index is 0.624. The van der Waals surface area contributed by atoms with Gasteiger partial charge >= 0.3 is 0 Å². The van der Waals surface area contributed by atoms with Gasteiger partial charge in [-0.1, -0.05) is 18.2 Å². The van der Waals surface area contributed by atoms with E-state index in [2.05, 4.69) is 38.0 Å². The standard InChI is InChI=1S/C12H18/c1-4-10-7-8-11(5-2)12(6-3)9-10/h4-6,10-12H,1-3,7-9H2/t10?,11?,12-/m1/s1. The highest BCUT2D eigenvalue weighted by molar-refractivity contribution is 4.99. The van der Waals surface area contributed by atoms with E-state index in [0.29, 0.717) is 17.8 Å². The van der Waals surface area contributed by atoms with E-state index in [0.717, 1.165) is 0 Å². The maximum Gasteiger partial charge on any atom is -0.0168 e. The second-order valence-electron chi connectivity index (χ2n) is 3.61. The summed E-state index contributed by atoms with van der Waals surface area (Å²) in [6.45, 7) is 11.6. The Morgan fingerprint density at radius 3 is 2.00 bits per heavy atom. The molecule has 0 radical (unpaired) electrons. The fourth-order valence-electron chi connectivity index (χ4n) is 2.04. The van der Waals surface area contributed by atoms with Crippen molar-refractivity contribution in [3.63, 3.8) is 0 Å². The summed E-state index contributed by atoms with van der Waals surface area (Å²) < 4.78 is 0. The zero-order valence-electron chi connectivity index (χ0n) is 7.71. The van der Waals surface area contributed by atoms with Gasteiger partial charge in [-0.05, 0) is 37.0 Å². The molecule has 0 aliphatic heterocycles. The van der Waals surface area contributed by atoms with E-state index in [1.54, 1.807) is 0 Å². The first kappa shape index (κ1) is 9.31. The van der Waals surface area contributed by atoms with Gasteiger partial charge in [0.2, 0.25) is 0 Å². The maximum absolute atomic E-state index is 3.87. The van der Waals surface area contributed by atoms with Crippen LogP contribution in [-0.2, 0) is 0 Å². The van der Waals surface area contributed by atoms with E-state index in [1.807, 2.05) is 0 Å². The molecule has 12 heavy (non-hydrogen) atoms. The first-order valence-corrected chi connectivity index (χ1v) is 4.69. The summed E-state index contributed by atoms with van der Waals surface area (Å²) in [6, 6.07) is 0. The molecule has 0 aromatic heterocycles. The van der Waals surface area contributed by atoms with Crippen LogP contribution < -0.4 is 0 Å². The van der Waals surface area contributed by atoms with Crippen LogP contribution in [0.4, 0.5) is 0 Å². The number of hydrogen-bond donors (Lipinski definition) is 0. The van der Waals surface area contributed by atoms with Crippen LogP contribution in [0.25, 0.3) is 0 Å². The predicted molar refractivity (Wildman–Crippen MR) is 54.9 cm³/mol. The van der Waals surface area contributed by atoms with Gasteiger partial charge < -0.3 is 0 Å². The van der Waals surface area contributed by atoms with Gasteiger partial charge in [0, 0.05) is 0 Å². The largest absolute Gasteiger partial charge is 0.103 e. The lowest BCUT2D eigenvalue weighted by Crippen LogP contribution is -2.20. The third-order valence-corrected chi connectivity index (χ3v) is 2.93. The minimum Gasteiger partial charge on any atom is -0.103 e. The van der Waals surface area contributed by atoms with Crippen LogP contribution in [0.1, 0.15) is 19.3 Å². The summed E-state index contributed by atoms with van der Waals surface area (Å²) in [5.41, 5.74) is 0. The smallest absolute Gasteiger partial charge is 0.0168 e. The Morgan fingerprint density at radius 1 is 0.833 bits per heavy atom. The van der Waals surface area contributed by atoms with Gasteiger partial charge in [-0.2, -0.15) is 0 Å². The van der Waals surface area contributed by atoms with Crippen molar-refractivity contribution in [1.29, 1.82) is 0 Å². The van der Waals surface area contributed by atoms with Crippen LogP contribution in [0.3, 0.4) is 0 Å². The van der Waals surface area contributed by atoms with Gasteiger partial charge in [-0.3, -0.25) is 0 Å². The highest BCUT2D eigenvalue weighted by atomic mass is 14.3. The second-order valence-corrected chi connectivity index (χ2v) is 3.61. The quantitative estimate of drug-likeness (QED) is 0.556. The van der Waals surface area contributed by atoms with Crippen molar-refractivity contribution >= 4 is 0 Å². The van der Waals surface area contributed by atoms with E-state index in [4.69, 9.17) is 0 Å². The molecule has 0 nitrogen and oxygen atoms in total. The third-order valence-electron chi connectivity index (χ3n) is 2.93. The van der Waals surface area contributed by atoms with Gasteiger partial charge in [0.25, 0.3) is 0 Å². The molecule has 1 fully saturated rings. The summed E-state index contributed by atoms with van der Waals surface area (Å²) >= 11 is 0. The summed E-state index contributed by atoms with van der Waals surface area (Å²) in [5, 5.41) is 0. The van der Waals surface area contributed by atoms with Crippen LogP contribution in [0.2, 0.25) is 0 Å². The summed E-state index contributed by atoms with van der Waals surface area (Å²) in [4.78, 5) is 0. The highest BCUT2D eigenvalue weighted by Gasteiger charge is 2.24. The van der Waals surface area contributed by atoms with Crippen molar-refractivity contribution in [2.24, 2.45) is 17.8 Å². The molecule has 0 aromatic carbocycles. The van der Waals surface area contributed by atoms with Crippen molar-refractivity contribution in [2.75, 3.05) is 0 Å². The molecule has 0 spiro atoms. The molecular weight excluding hydrogens is 144 g/mol. The van der Waals surface area contributed by atoms with Crippen molar-refractivity contribution in [2.45, 2.75) is 19.3 Å². The van der Waals surface area contributed by atoms with E-state index < -0.39 is 0 Å². The molecule has 1 rings (SSSR count). The lowest BCUT2D eigenvalue weighted by molar-refractivity contribution is 0.288. The first-order chi connectivity index (χ1) is 5.81. The average Bonchev–Trinajstić information content (AvgIpc) is 2.16. The van der Waals surface area contributed by atoms with Crippen LogP contribution in [0, 0.1) is 17.8 Å². The van der Waals surface area contributed by atoms with Gasteiger partial charge in [0.05, 0.1) is 0 Å². The molecule has 0 N–H and O–H groups in total. The Kier molecular flexibility index (Phi) is 3.33. The maximum atomic E-state index is 3.87. The van der Waals surface area contributed by atoms with Crippen LogP contribution >= 0.6 is 0 Å². The van der Waals surface area contributed by atoms with Gasteiger partial charge in [0.1, 0.15) is 0 Å². The van der Waals surface area contributed by atoms with Gasteiger partial charge in [-0.25, -0.2) is 0 Å². The normalized spacial score (nSPS) is 35.5. The van der Waals surface area contributed by atoms with E-state index in [1.165, 1.54) is 19.3 Å². The van der Waals surface area contributed by atoms with Crippen molar-refractivity contribution in [1.82, 2.24) is 0 Å². The molecule has 1 saturated carbocycles. The highest BCUT2D eigenvalue weighted by Crippen LogP contribution is 2.35. The molecule has 0 heteroatoms. The van der Waals surface area contributed by atoms with Gasteiger partial charge in [0.15, 0.2) is 0 Å². The molecular formula is C12H18. The SMILES string of the molecule is C=CC1CCC(C=C)[C@H](C=C)C1. The molecule has 0 amide bonds. The molecule has 0 aromatic rings. The third kappa shape index (κ3) is 1.88. The summed E-state index contributed by atoms with van der Waals surface area (Å²) in [6.07, 6.45) is 9.95. The second kappa shape index (κ2) is 4.30. The molecule has 0 heterocycles. The number of hydrogen-bond acceptors (Lipinski definition) is 0. The predicted octanol–water partition coefficient (Wildman–Crippen LogP) is 3.58. The molecule has 1 aliphatic rings. The fraction of sp³-hybridized carbons (Fsp3) is 0.500. The Bertz CT molecular complexity index is 178. The topological polar surface area (TPSA) is 0 Å². The zero-order chi connectivity index (χ0) is 8.97. The lowest BCUT2D eigenvalue weighted by atomic mass is 9.74. The fourth-order valence-corrected chi connectivity index (χ4v) is 2.04. The van der Waals surface area contributed by atoms with Crippen LogP contribution in [0.5, 0.6) is 0 Å². The Labute approximate surface area is 75.7 Å². The van der Waals surface area contributed by atoms with Gasteiger partial charge in [-0.15, -0.1) is 19.7 Å². The molecule has 2 unspecified atom stereocenters. The Hall–Kier alpha value is -0.780. The number of allylic oxidation sites excluding steroid dienone is 3. The monoisotopic (exact) mass is 162 g/mol. The minimum absolute atomic E-state index is 0.624. The first-order valence-electron chi connectivity index (χ1n) is 4.69. The van der Waals surface area contributed by atoms with Crippen molar-refractivity contribution in [3.05, 3.63) is 38.0 Å².